The second-order valence-electron chi connectivity index (χ2n) is 3.95. The Bertz CT molecular complexity index is 583. The Morgan fingerprint density at radius 2 is 1.68 bits per heavy atom. The summed E-state index contributed by atoms with van der Waals surface area (Å²) in [7, 11) is 0. The fourth-order valence-corrected chi connectivity index (χ4v) is 1.54. The first-order chi connectivity index (χ1) is 9.18. The van der Waals surface area contributed by atoms with Crippen LogP contribution in [-0.4, -0.2) is 21.5 Å². The van der Waals surface area contributed by atoms with Crippen molar-refractivity contribution in [1.29, 1.82) is 0 Å². The summed E-state index contributed by atoms with van der Waals surface area (Å²) in [4.78, 5) is 0. The Morgan fingerprint density at radius 3 is 2.42 bits per heavy atom. The third-order valence-corrected chi connectivity index (χ3v) is 2.58. The first-order valence-corrected chi connectivity index (χ1v) is 5.72. The number of hydrogen-bond donors (Lipinski definition) is 4. The monoisotopic (exact) mass is 258 g/mol. The summed E-state index contributed by atoms with van der Waals surface area (Å²) in [5.74, 6) is -1.32. The molecule has 0 unspecified atom stereocenters. The average Bonchev–Trinajstić information content (AvgIpc) is 2.44. The molecule has 0 bridgehead atoms. The van der Waals surface area contributed by atoms with E-state index >= 15 is 0 Å². The molecule has 0 aliphatic rings. The Hall–Kier alpha value is -2.69. The number of hydrogen-bond acceptors (Lipinski definition) is 5. The van der Waals surface area contributed by atoms with Gasteiger partial charge in [-0.3, -0.25) is 0 Å². The summed E-state index contributed by atoms with van der Waals surface area (Å²) >= 11 is 0. The number of phenolic OH excluding ortho intramolecular Hbond substituents is 3. The largest absolute Gasteiger partial charge is 0.504 e. The van der Waals surface area contributed by atoms with Crippen LogP contribution in [0.1, 0.15) is 11.1 Å². The van der Waals surface area contributed by atoms with Gasteiger partial charge in [0.2, 0.25) is 5.75 Å². The standard InChI is InChI=1S/C14H14N2O3/c17-12-7-6-11(13(18)14(12)19)9-16-15-8-10-4-2-1-3-5-10/h1-7,9,15,17-19H,8H2. The van der Waals surface area contributed by atoms with Crippen molar-refractivity contribution in [1.82, 2.24) is 5.43 Å². The van der Waals surface area contributed by atoms with Crippen molar-refractivity contribution in [3.63, 3.8) is 0 Å². The predicted molar refractivity (Wildman–Crippen MR) is 72.3 cm³/mol. The molecule has 0 radical (unpaired) electrons. The summed E-state index contributed by atoms with van der Waals surface area (Å²) in [5, 5.41) is 32.0. The molecule has 5 heteroatoms. The lowest BCUT2D eigenvalue weighted by Crippen LogP contribution is -2.05. The molecule has 0 saturated heterocycles. The van der Waals surface area contributed by atoms with Crippen molar-refractivity contribution in [3.05, 3.63) is 53.6 Å². The quantitative estimate of drug-likeness (QED) is 0.383. The zero-order valence-electron chi connectivity index (χ0n) is 10.1. The maximum atomic E-state index is 9.57. The van der Waals surface area contributed by atoms with Gasteiger partial charge in [0.05, 0.1) is 12.8 Å². The van der Waals surface area contributed by atoms with Crippen LogP contribution in [0.15, 0.2) is 47.6 Å². The summed E-state index contributed by atoms with van der Waals surface area (Å²) in [6, 6.07) is 12.5. The molecule has 2 rings (SSSR count). The van der Waals surface area contributed by atoms with Gasteiger partial charge in [-0.15, -0.1) is 0 Å². The van der Waals surface area contributed by atoms with Crippen molar-refractivity contribution in [3.8, 4) is 17.2 Å². The second-order valence-corrected chi connectivity index (χ2v) is 3.95. The highest BCUT2D eigenvalue weighted by Gasteiger charge is 2.08. The molecule has 0 amide bonds. The van der Waals surface area contributed by atoms with E-state index in [0.29, 0.717) is 12.1 Å². The van der Waals surface area contributed by atoms with E-state index in [4.69, 9.17) is 0 Å². The summed E-state index contributed by atoms with van der Waals surface area (Å²) in [5.41, 5.74) is 4.22. The van der Waals surface area contributed by atoms with Gasteiger partial charge in [-0.2, -0.15) is 5.10 Å². The number of nitrogens with zero attached hydrogens (tertiary/aromatic N) is 1. The van der Waals surface area contributed by atoms with E-state index in [1.807, 2.05) is 30.3 Å². The molecule has 0 heterocycles. The minimum atomic E-state index is -0.549. The molecule has 2 aromatic carbocycles. The van der Waals surface area contributed by atoms with Crippen molar-refractivity contribution in [2.24, 2.45) is 5.10 Å². The van der Waals surface area contributed by atoms with Gasteiger partial charge in [-0.25, -0.2) is 0 Å². The van der Waals surface area contributed by atoms with Gasteiger partial charge >= 0.3 is 0 Å². The smallest absolute Gasteiger partial charge is 0.200 e. The van der Waals surface area contributed by atoms with E-state index in [1.54, 1.807) is 0 Å². The van der Waals surface area contributed by atoms with Crippen LogP contribution in [0, 0.1) is 0 Å². The first-order valence-electron chi connectivity index (χ1n) is 5.72. The molecule has 0 saturated carbocycles. The van der Waals surface area contributed by atoms with Crippen LogP contribution < -0.4 is 5.43 Å². The predicted octanol–water partition coefficient (Wildman–Crippen LogP) is 1.93. The van der Waals surface area contributed by atoms with Crippen LogP contribution in [0.4, 0.5) is 0 Å². The summed E-state index contributed by atoms with van der Waals surface area (Å²) < 4.78 is 0. The minimum absolute atomic E-state index is 0.316. The third kappa shape index (κ3) is 3.16. The number of phenols is 3. The third-order valence-electron chi connectivity index (χ3n) is 2.58. The number of benzene rings is 2. The number of hydrazone groups is 1. The Balaban J connectivity index is 1.98. The van der Waals surface area contributed by atoms with E-state index in [0.717, 1.165) is 5.56 Å². The van der Waals surface area contributed by atoms with Crippen LogP contribution in [0.2, 0.25) is 0 Å². The second kappa shape index (κ2) is 5.77. The number of rotatable bonds is 4. The molecule has 0 aromatic heterocycles. The van der Waals surface area contributed by atoms with Gasteiger partial charge in [0.25, 0.3) is 0 Å². The van der Waals surface area contributed by atoms with Crippen LogP contribution >= 0.6 is 0 Å². The molecule has 0 aliphatic heterocycles. The Labute approximate surface area is 110 Å². The van der Waals surface area contributed by atoms with Crippen molar-refractivity contribution < 1.29 is 15.3 Å². The highest BCUT2D eigenvalue weighted by Crippen LogP contribution is 2.36. The molecule has 0 aliphatic carbocycles. The van der Waals surface area contributed by atoms with Crippen molar-refractivity contribution in [2.75, 3.05) is 0 Å². The average molecular weight is 258 g/mol. The SMILES string of the molecule is Oc1ccc(C=NNCc2ccccc2)c(O)c1O. The van der Waals surface area contributed by atoms with Crippen molar-refractivity contribution in [2.45, 2.75) is 6.54 Å². The van der Waals surface area contributed by atoms with Crippen LogP contribution in [-0.2, 0) is 6.54 Å². The molecule has 98 valence electrons. The van der Waals surface area contributed by atoms with E-state index in [9.17, 15) is 15.3 Å². The first kappa shape index (κ1) is 12.8. The lowest BCUT2D eigenvalue weighted by atomic mass is 10.2. The Kier molecular flexibility index (Phi) is 3.87. The summed E-state index contributed by atoms with van der Waals surface area (Å²) in [6.45, 7) is 0.558. The van der Waals surface area contributed by atoms with Gasteiger partial charge in [0.15, 0.2) is 11.5 Å². The molecule has 19 heavy (non-hydrogen) atoms. The van der Waals surface area contributed by atoms with Gasteiger partial charge in [-0.05, 0) is 17.7 Å². The van der Waals surface area contributed by atoms with Crippen LogP contribution in [0.3, 0.4) is 0 Å². The molecule has 4 N–H and O–H groups in total. The Morgan fingerprint density at radius 1 is 0.947 bits per heavy atom. The molecular weight excluding hydrogens is 244 g/mol. The lowest BCUT2D eigenvalue weighted by molar-refractivity contribution is 0.367. The van der Waals surface area contributed by atoms with Gasteiger partial charge in [0.1, 0.15) is 0 Å². The molecule has 0 fully saturated rings. The zero-order chi connectivity index (χ0) is 13.7. The zero-order valence-corrected chi connectivity index (χ0v) is 10.1. The van der Waals surface area contributed by atoms with Crippen molar-refractivity contribution >= 4 is 6.21 Å². The number of aromatic hydroxyl groups is 3. The fraction of sp³-hybridized carbons (Fsp3) is 0.0714. The summed E-state index contributed by atoms with van der Waals surface area (Å²) in [6.07, 6.45) is 1.37. The van der Waals surface area contributed by atoms with E-state index in [2.05, 4.69) is 10.5 Å². The molecule has 0 spiro atoms. The normalized spacial score (nSPS) is 10.7. The fourth-order valence-electron chi connectivity index (χ4n) is 1.54. The van der Waals surface area contributed by atoms with Gasteiger partial charge in [-0.1, -0.05) is 30.3 Å². The lowest BCUT2D eigenvalue weighted by Gasteiger charge is -2.04. The molecule has 2 aromatic rings. The van der Waals surface area contributed by atoms with Crippen LogP contribution in [0.25, 0.3) is 0 Å². The van der Waals surface area contributed by atoms with Crippen LogP contribution in [0.5, 0.6) is 17.2 Å². The van der Waals surface area contributed by atoms with E-state index in [1.165, 1.54) is 18.3 Å². The highest BCUT2D eigenvalue weighted by atomic mass is 16.3. The highest BCUT2D eigenvalue weighted by molar-refractivity contribution is 5.85. The number of nitrogens with one attached hydrogen (secondary N) is 1. The van der Waals surface area contributed by atoms with Gasteiger partial charge < -0.3 is 20.7 Å². The van der Waals surface area contributed by atoms with Gasteiger partial charge in [0, 0.05) is 5.56 Å². The maximum Gasteiger partial charge on any atom is 0.200 e. The molecular formula is C14H14N2O3. The van der Waals surface area contributed by atoms with E-state index in [-0.39, 0.29) is 5.75 Å². The van der Waals surface area contributed by atoms with E-state index < -0.39 is 11.5 Å². The topological polar surface area (TPSA) is 85.1 Å². The maximum absolute atomic E-state index is 9.57. The minimum Gasteiger partial charge on any atom is -0.504 e. The molecule has 0 atom stereocenters. The molecule has 5 nitrogen and oxygen atoms in total.